The first kappa shape index (κ1) is 15.1. The number of aromatic nitrogens is 2. The van der Waals surface area contributed by atoms with E-state index in [1.807, 2.05) is 41.3 Å². The molecule has 1 heterocycles. The van der Waals surface area contributed by atoms with Gasteiger partial charge in [-0.15, -0.1) is 0 Å². The number of benzene rings is 1. The van der Waals surface area contributed by atoms with Crippen LogP contribution in [0.3, 0.4) is 0 Å². The number of nitrogens with zero attached hydrogens (tertiary/aromatic N) is 2. The van der Waals surface area contributed by atoms with E-state index < -0.39 is 0 Å². The third-order valence-electron chi connectivity index (χ3n) is 3.00. The van der Waals surface area contributed by atoms with Gasteiger partial charge in [0.1, 0.15) is 0 Å². The van der Waals surface area contributed by atoms with E-state index in [9.17, 15) is 4.79 Å². The molecule has 5 heteroatoms. The number of hydrogen-bond acceptors (Lipinski definition) is 3. The zero-order valence-electron chi connectivity index (χ0n) is 13.0. The molecule has 0 aliphatic carbocycles. The Morgan fingerprint density at radius 1 is 1.29 bits per heavy atom. The van der Waals surface area contributed by atoms with Crippen molar-refractivity contribution in [3.8, 4) is 0 Å². The number of nitrogens with one attached hydrogen (secondary N) is 2. The maximum Gasteiger partial charge on any atom is 0.221 e. The molecular weight excluding hydrogens is 264 g/mol. The first-order valence-electron chi connectivity index (χ1n) is 7.00. The molecule has 0 bridgehead atoms. The highest BCUT2D eigenvalue weighted by Crippen LogP contribution is 2.17. The van der Waals surface area contributed by atoms with Crippen molar-refractivity contribution in [1.82, 2.24) is 9.78 Å². The molecule has 2 N–H and O–H groups in total. The number of amides is 1. The lowest BCUT2D eigenvalue weighted by Crippen LogP contribution is -2.21. The summed E-state index contributed by atoms with van der Waals surface area (Å²) in [7, 11) is 0. The average molecular weight is 286 g/mol. The van der Waals surface area contributed by atoms with Crippen molar-refractivity contribution < 1.29 is 4.79 Å². The third kappa shape index (κ3) is 4.34. The first-order valence-corrected chi connectivity index (χ1v) is 7.00. The highest BCUT2D eigenvalue weighted by atomic mass is 16.1. The number of carbonyl (C=O) groups is 1. The zero-order chi connectivity index (χ0) is 15.5. The molecule has 2 rings (SSSR count). The number of anilines is 2. The third-order valence-corrected chi connectivity index (χ3v) is 3.00. The zero-order valence-corrected chi connectivity index (χ0v) is 13.0. The van der Waals surface area contributed by atoms with E-state index >= 15 is 0 Å². The molecule has 0 unspecified atom stereocenters. The molecule has 0 fully saturated rings. The molecule has 0 saturated heterocycles. The summed E-state index contributed by atoms with van der Waals surface area (Å²) in [6, 6.07) is 7.66. The van der Waals surface area contributed by atoms with Crippen molar-refractivity contribution in [3.05, 3.63) is 42.2 Å². The molecule has 0 radical (unpaired) electrons. The number of carbonyl (C=O) groups excluding carboxylic acids is 1. The number of hydrogen-bond donors (Lipinski definition) is 2. The predicted octanol–water partition coefficient (Wildman–Crippen LogP) is 3.21. The van der Waals surface area contributed by atoms with Crippen molar-refractivity contribution in [1.29, 1.82) is 0 Å². The van der Waals surface area contributed by atoms with E-state index in [1.54, 1.807) is 0 Å². The van der Waals surface area contributed by atoms with Gasteiger partial charge < -0.3 is 10.6 Å². The van der Waals surface area contributed by atoms with E-state index in [-0.39, 0.29) is 11.4 Å². The molecular formula is C16H22N4O. The fraction of sp³-hybridized carbons (Fsp3) is 0.375. The van der Waals surface area contributed by atoms with E-state index in [0.29, 0.717) is 6.54 Å². The minimum atomic E-state index is -0.0707. The molecule has 0 aliphatic rings. The summed E-state index contributed by atoms with van der Waals surface area (Å²) < 4.78 is 1.96. The van der Waals surface area contributed by atoms with Crippen molar-refractivity contribution >= 4 is 17.3 Å². The molecule has 0 spiro atoms. The summed E-state index contributed by atoms with van der Waals surface area (Å²) in [5.41, 5.74) is 2.86. The average Bonchev–Trinajstić information content (AvgIpc) is 2.84. The van der Waals surface area contributed by atoms with Crippen molar-refractivity contribution in [2.24, 2.45) is 0 Å². The van der Waals surface area contributed by atoms with Crippen LogP contribution in [0.1, 0.15) is 33.3 Å². The van der Waals surface area contributed by atoms with Crippen LogP contribution in [-0.4, -0.2) is 15.7 Å². The Bertz CT molecular complexity index is 625. The van der Waals surface area contributed by atoms with Gasteiger partial charge in [-0.05, 0) is 39.0 Å². The molecule has 1 aromatic carbocycles. The Hall–Kier alpha value is -2.30. The van der Waals surface area contributed by atoms with Gasteiger partial charge in [-0.3, -0.25) is 9.48 Å². The minimum absolute atomic E-state index is 0.0103. The Kier molecular flexibility index (Phi) is 4.31. The van der Waals surface area contributed by atoms with Crippen LogP contribution in [0.15, 0.2) is 36.7 Å². The molecule has 21 heavy (non-hydrogen) atoms. The van der Waals surface area contributed by atoms with Gasteiger partial charge in [0.2, 0.25) is 5.91 Å². The SMILES string of the molecule is CC(=O)Nc1cccc(NCc2cnn(C(C)(C)C)c2)c1. The van der Waals surface area contributed by atoms with Crippen LogP contribution in [0.2, 0.25) is 0 Å². The molecule has 1 aromatic heterocycles. The van der Waals surface area contributed by atoms with Gasteiger partial charge in [-0.25, -0.2) is 0 Å². The lowest BCUT2D eigenvalue weighted by molar-refractivity contribution is -0.114. The second kappa shape index (κ2) is 5.99. The molecule has 0 atom stereocenters. The minimum Gasteiger partial charge on any atom is -0.381 e. The standard InChI is InChI=1S/C16H22N4O/c1-12(21)19-15-7-5-6-14(8-15)17-9-13-10-18-20(11-13)16(2,3)4/h5-8,10-11,17H,9H2,1-4H3,(H,19,21). The Labute approximate surface area is 125 Å². The maximum absolute atomic E-state index is 11.1. The molecule has 1 amide bonds. The van der Waals surface area contributed by atoms with Gasteiger partial charge >= 0.3 is 0 Å². The summed E-state index contributed by atoms with van der Waals surface area (Å²) in [5, 5.41) is 10.5. The quantitative estimate of drug-likeness (QED) is 0.907. The van der Waals surface area contributed by atoms with E-state index in [2.05, 4.69) is 36.5 Å². The summed E-state index contributed by atoms with van der Waals surface area (Å²) in [6.07, 6.45) is 3.92. The van der Waals surface area contributed by atoms with Gasteiger partial charge in [0.15, 0.2) is 0 Å². The van der Waals surface area contributed by atoms with Gasteiger partial charge in [-0.2, -0.15) is 5.10 Å². The second-order valence-electron chi connectivity index (χ2n) is 6.08. The molecule has 0 saturated carbocycles. The molecule has 112 valence electrons. The van der Waals surface area contributed by atoms with Crippen LogP contribution in [-0.2, 0) is 16.9 Å². The normalized spacial score (nSPS) is 11.2. The van der Waals surface area contributed by atoms with E-state index in [4.69, 9.17) is 0 Å². The van der Waals surface area contributed by atoms with Gasteiger partial charge in [0, 0.05) is 36.6 Å². The van der Waals surface area contributed by atoms with Crippen LogP contribution < -0.4 is 10.6 Å². The van der Waals surface area contributed by atoms with Gasteiger partial charge in [0.05, 0.1) is 11.7 Å². The summed E-state index contributed by atoms with van der Waals surface area (Å²) in [5.74, 6) is -0.0707. The van der Waals surface area contributed by atoms with Crippen LogP contribution in [0.25, 0.3) is 0 Å². The monoisotopic (exact) mass is 286 g/mol. The maximum atomic E-state index is 11.1. The molecule has 5 nitrogen and oxygen atoms in total. The van der Waals surface area contributed by atoms with E-state index in [1.165, 1.54) is 6.92 Å². The highest BCUT2D eigenvalue weighted by molar-refractivity contribution is 5.89. The fourth-order valence-electron chi connectivity index (χ4n) is 1.93. The largest absolute Gasteiger partial charge is 0.381 e. The van der Waals surface area contributed by atoms with Crippen LogP contribution in [0, 0.1) is 0 Å². The van der Waals surface area contributed by atoms with Gasteiger partial charge in [0.25, 0.3) is 0 Å². The summed E-state index contributed by atoms with van der Waals surface area (Å²) >= 11 is 0. The summed E-state index contributed by atoms with van der Waals surface area (Å²) in [6.45, 7) is 8.55. The Morgan fingerprint density at radius 2 is 2.00 bits per heavy atom. The highest BCUT2D eigenvalue weighted by Gasteiger charge is 2.13. The van der Waals surface area contributed by atoms with Crippen molar-refractivity contribution in [3.63, 3.8) is 0 Å². The Morgan fingerprint density at radius 3 is 2.62 bits per heavy atom. The smallest absolute Gasteiger partial charge is 0.221 e. The fourth-order valence-corrected chi connectivity index (χ4v) is 1.93. The van der Waals surface area contributed by atoms with Gasteiger partial charge in [-0.1, -0.05) is 6.07 Å². The van der Waals surface area contributed by atoms with E-state index in [0.717, 1.165) is 16.9 Å². The lowest BCUT2D eigenvalue weighted by Gasteiger charge is -2.18. The van der Waals surface area contributed by atoms with Crippen molar-refractivity contribution in [2.75, 3.05) is 10.6 Å². The number of rotatable bonds is 4. The lowest BCUT2D eigenvalue weighted by atomic mass is 10.1. The summed E-state index contributed by atoms with van der Waals surface area (Å²) in [4.78, 5) is 11.1. The Balaban J connectivity index is 2.00. The topological polar surface area (TPSA) is 59.0 Å². The van der Waals surface area contributed by atoms with Crippen molar-refractivity contribution in [2.45, 2.75) is 39.8 Å². The van der Waals surface area contributed by atoms with Crippen LogP contribution in [0.5, 0.6) is 0 Å². The molecule has 0 aliphatic heterocycles. The first-order chi connectivity index (χ1) is 9.84. The van der Waals surface area contributed by atoms with Crippen LogP contribution in [0.4, 0.5) is 11.4 Å². The second-order valence-corrected chi connectivity index (χ2v) is 6.08. The van der Waals surface area contributed by atoms with Crippen LogP contribution >= 0.6 is 0 Å². The molecule has 2 aromatic rings. The predicted molar refractivity (Wildman–Crippen MR) is 85.3 cm³/mol.